The molecule has 0 amide bonds. The molecule has 0 saturated heterocycles. The Balaban J connectivity index is -0.0000000800. The van der Waals surface area contributed by atoms with Crippen LogP contribution in [-0.4, -0.2) is 46.1 Å². The van der Waals surface area contributed by atoms with Gasteiger partial charge in [-0.3, -0.25) is 0 Å². The molecular weight excluding hydrogens is 216 g/mol. The summed E-state index contributed by atoms with van der Waals surface area (Å²) in [5, 5.41) is 0. The fourth-order valence-corrected chi connectivity index (χ4v) is 1.28. The topological polar surface area (TPSA) is 0 Å². The summed E-state index contributed by atoms with van der Waals surface area (Å²) in [6.07, 6.45) is 5.35. The average Bonchev–Trinajstić information content (AvgIpc) is 1.77. The van der Waals surface area contributed by atoms with Crippen molar-refractivity contribution in [3.8, 4) is 0 Å². The Morgan fingerprint density at radius 1 is 0.750 bits per heavy atom. The molecule has 0 aromatic heterocycles. The third-order valence-corrected chi connectivity index (χ3v) is 2.07. The molecule has 4 heteroatoms. The largest absolute Gasteiger partial charge is 2.00 e. The van der Waals surface area contributed by atoms with Gasteiger partial charge in [0.1, 0.15) is 0 Å². The first-order chi connectivity index (χ1) is 3.80. The molecule has 0 aromatic carbocycles. The van der Waals surface area contributed by atoms with Gasteiger partial charge < -0.3 is 38.7 Å². The van der Waals surface area contributed by atoms with Crippen molar-refractivity contribution >= 4 is 46.1 Å². The molecule has 0 radical (unpaired) electrons. The minimum absolute atomic E-state index is 0. The molecule has 1 saturated carbocycles. The third-order valence-electron chi connectivity index (χ3n) is 2.07. The normalized spacial score (nSPS) is 26.5. The van der Waals surface area contributed by atoms with Crippen molar-refractivity contribution in [2.75, 3.05) is 0 Å². The molecule has 2 atom stereocenters. The van der Waals surface area contributed by atoms with Crippen molar-refractivity contribution in [1.82, 2.24) is 0 Å². The SMILES string of the molecule is [CH2-]C1CCCCC1[CH2-].[Cl-].[Cl-].[Mg+2].[Mg+2]. The number of rotatable bonds is 0. The van der Waals surface area contributed by atoms with Crippen molar-refractivity contribution in [3.63, 3.8) is 0 Å². The standard InChI is InChI=1S/C8H14.2ClH.2Mg/c1-7-5-3-4-6-8(7)2;;;;/h7-8H,1-6H2;2*1H;;/q-2;;;2*+2/p-2. The Labute approximate surface area is 121 Å². The van der Waals surface area contributed by atoms with Gasteiger partial charge >= 0.3 is 46.1 Å². The van der Waals surface area contributed by atoms with Gasteiger partial charge in [-0.15, -0.1) is 0 Å². The maximum absolute atomic E-state index is 4.02. The van der Waals surface area contributed by atoms with Crippen LogP contribution in [-0.2, 0) is 0 Å². The van der Waals surface area contributed by atoms with Gasteiger partial charge in [0.05, 0.1) is 0 Å². The van der Waals surface area contributed by atoms with Crippen LogP contribution in [0.4, 0.5) is 0 Å². The van der Waals surface area contributed by atoms with Crippen molar-refractivity contribution in [2.24, 2.45) is 11.8 Å². The van der Waals surface area contributed by atoms with Gasteiger partial charge in [-0.1, -0.05) is 25.7 Å². The van der Waals surface area contributed by atoms with E-state index < -0.39 is 0 Å². The van der Waals surface area contributed by atoms with E-state index in [4.69, 9.17) is 0 Å². The predicted molar refractivity (Wildman–Crippen MR) is 47.7 cm³/mol. The fraction of sp³-hybridized carbons (Fsp3) is 0.750. The van der Waals surface area contributed by atoms with E-state index in [9.17, 15) is 0 Å². The zero-order chi connectivity index (χ0) is 5.98. The maximum Gasteiger partial charge on any atom is 2.00 e. The molecule has 12 heavy (non-hydrogen) atoms. The Bertz CT molecular complexity index is 71.5. The number of hydrogen-bond donors (Lipinski definition) is 0. The minimum atomic E-state index is 0. The molecule has 0 aromatic rings. The quantitative estimate of drug-likeness (QED) is 0.291. The second-order valence-corrected chi connectivity index (χ2v) is 2.80. The molecule has 0 N–H and O–H groups in total. The van der Waals surface area contributed by atoms with Gasteiger partial charge in [0, 0.05) is 0 Å². The van der Waals surface area contributed by atoms with Crippen molar-refractivity contribution < 1.29 is 24.8 Å². The molecule has 0 heterocycles. The van der Waals surface area contributed by atoms with E-state index in [1.54, 1.807) is 0 Å². The molecule has 1 aliphatic rings. The van der Waals surface area contributed by atoms with E-state index in [1.165, 1.54) is 25.7 Å². The molecular formula is C8H14Cl2Mg2. The van der Waals surface area contributed by atoms with E-state index in [2.05, 4.69) is 13.8 Å². The zero-order valence-electron chi connectivity index (χ0n) is 7.57. The smallest absolute Gasteiger partial charge is 1.00 e. The fourth-order valence-electron chi connectivity index (χ4n) is 1.28. The van der Waals surface area contributed by atoms with Crippen LogP contribution in [0, 0.1) is 25.7 Å². The number of halogens is 2. The van der Waals surface area contributed by atoms with Crippen LogP contribution in [0.5, 0.6) is 0 Å². The second kappa shape index (κ2) is 13.1. The van der Waals surface area contributed by atoms with Crippen LogP contribution in [0.3, 0.4) is 0 Å². The van der Waals surface area contributed by atoms with E-state index in [-0.39, 0.29) is 70.9 Å². The van der Waals surface area contributed by atoms with Crippen LogP contribution in [0.1, 0.15) is 25.7 Å². The predicted octanol–water partition coefficient (Wildman–Crippen LogP) is -4.29. The van der Waals surface area contributed by atoms with Crippen molar-refractivity contribution in [1.29, 1.82) is 0 Å². The molecule has 1 fully saturated rings. The van der Waals surface area contributed by atoms with Crippen LogP contribution >= 0.6 is 0 Å². The molecule has 1 aliphatic carbocycles. The molecule has 0 aliphatic heterocycles. The van der Waals surface area contributed by atoms with Gasteiger partial charge in [-0.2, -0.15) is 11.8 Å². The van der Waals surface area contributed by atoms with Gasteiger partial charge in [-0.05, 0) is 0 Å². The molecule has 0 nitrogen and oxygen atoms in total. The Hall–Kier alpha value is 2.11. The van der Waals surface area contributed by atoms with Gasteiger partial charge in [0.25, 0.3) is 0 Å². The Morgan fingerprint density at radius 3 is 1.17 bits per heavy atom. The Kier molecular flexibility index (Phi) is 25.9. The van der Waals surface area contributed by atoms with Gasteiger partial charge in [-0.25, -0.2) is 0 Å². The summed E-state index contributed by atoms with van der Waals surface area (Å²) in [5.74, 6) is 1.28. The summed E-state index contributed by atoms with van der Waals surface area (Å²) in [5.41, 5.74) is 0. The summed E-state index contributed by atoms with van der Waals surface area (Å²) in [6, 6.07) is 0. The summed E-state index contributed by atoms with van der Waals surface area (Å²) in [4.78, 5) is 0. The summed E-state index contributed by atoms with van der Waals surface area (Å²) < 4.78 is 0. The summed E-state index contributed by atoms with van der Waals surface area (Å²) in [6.45, 7) is 8.03. The Morgan fingerprint density at radius 2 is 1.00 bits per heavy atom. The monoisotopic (exact) mass is 228 g/mol. The average molecular weight is 230 g/mol. The number of hydrogen-bond acceptors (Lipinski definition) is 0. The van der Waals surface area contributed by atoms with Crippen LogP contribution in [0.15, 0.2) is 0 Å². The van der Waals surface area contributed by atoms with Crippen LogP contribution in [0.2, 0.25) is 0 Å². The molecule has 2 unspecified atom stereocenters. The molecule has 64 valence electrons. The van der Waals surface area contributed by atoms with Crippen molar-refractivity contribution in [3.05, 3.63) is 13.8 Å². The van der Waals surface area contributed by atoms with Crippen LogP contribution < -0.4 is 24.8 Å². The van der Waals surface area contributed by atoms with Crippen LogP contribution in [0.25, 0.3) is 0 Å². The van der Waals surface area contributed by atoms with E-state index in [1.807, 2.05) is 0 Å². The summed E-state index contributed by atoms with van der Waals surface area (Å²) in [7, 11) is 0. The second-order valence-electron chi connectivity index (χ2n) is 2.80. The molecule has 0 bridgehead atoms. The first kappa shape index (κ1) is 23.7. The van der Waals surface area contributed by atoms with Gasteiger partial charge in [0.15, 0.2) is 0 Å². The van der Waals surface area contributed by atoms with Crippen molar-refractivity contribution in [2.45, 2.75) is 25.7 Å². The molecule has 1 rings (SSSR count). The minimum Gasteiger partial charge on any atom is -1.00 e. The first-order valence-corrected chi connectivity index (χ1v) is 3.47. The summed E-state index contributed by atoms with van der Waals surface area (Å²) >= 11 is 0. The molecule has 0 spiro atoms. The third kappa shape index (κ3) is 8.70. The van der Waals surface area contributed by atoms with E-state index in [0.717, 1.165) is 0 Å². The van der Waals surface area contributed by atoms with E-state index in [0.29, 0.717) is 11.8 Å². The van der Waals surface area contributed by atoms with Gasteiger partial charge in [0.2, 0.25) is 0 Å². The maximum atomic E-state index is 4.02. The van der Waals surface area contributed by atoms with E-state index >= 15 is 0 Å². The zero-order valence-corrected chi connectivity index (χ0v) is 11.9. The first-order valence-electron chi connectivity index (χ1n) is 3.47.